The molecule has 1 aromatic rings. The molecule has 1 radical (unpaired) electrons. The first-order valence-corrected chi connectivity index (χ1v) is 7.17. The number of ether oxygens (including phenoxy) is 2. The van der Waals surface area contributed by atoms with E-state index in [1.807, 2.05) is 18.6 Å². The summed E-state index contributed by atoms with van der Waals surface area (Å²) in [7, 11) is 1.63. The molecule has 0 spiro atoms. The van der Waals surface area contributed by atoms with Crippen LogP contribution in [0.1, 0.15) is 28.8 Å². The molecule has 1 aliphatic carbocycles. The molecule has 4 heteroatoms. The fraction of sp³-hybridized carbons (Fsp3) is 0.412. The number of halogens is 1. The Bertz CT molecular complexity index is 511. The number of unbranched alkanes of at least 4 members (excludes halogenated alkanes) is 1. The smallest absolute Gasteiger partial charge is 0.338 e. The monoisotopic (exact) mass is 291 g/mol. The van der Waals surface area contributed by atoms with E-state index in [-0.39, 0.29) is 11.4 Å². The molecule has 0 aliphatic heterocycles. The summed E-state index contributed by atoms with van der Waals surface area (Å²) in [6.45, 7) is 0.973. The Balaban J connectivity index is 1.83. The van der Waals surface area contributed by atoms with Crippen molar-refractivity contribution in [1.29, 1.82) is 0 Å². The minimum atomic E-state index is -0.479. The zero-order chi connectivity index (χ0) is 15.1. The molecular formula is C17H20FO3. The van der Waals surface area contributed by atoms with Gasteiger partial charge >= 0.3 is 5.97 Å². The number of carbonyl (C=O) groups excluding carboxylic acids is 1. The zero-order valence-electron chi connectivity index (χ0n) is 12.2. The summed E-state index contributed by atoms with van der Waals surface area (Å²) < 4.78 is 24.0. The van der Waals surface area contributed by atoms with Gasteiger partial charge in [0.2, 0.25) is 0 Å². The van der Waals surface area contributed by atoms with Gasteiger partial charge in [0.1, 0.15) is 5.82 Å². The van der Waals surface area contributed by atoms with Gasteiger partial charge in [0.25, 0.3) is 0 Å². The van der Waals surface area contributed by atoms with Crippen molar-refractivity contribution in [2.24, 2.45) is 5.92 Å². The van der Waals surface area contributed by atoms with Gasteiger partial charge in [-0.2, -0.15) is 0 Å². The van der Waals surface area contributed by atoms with Gasteiger partial charge < -0.3 is 9.47 Å². The quantitative estimate of drug-likeness (QED) is 0.544. The molecule has 1 aliphatic rings. The number of benzene rings is 1. The third kappa shape index (κ3) is 4.67. The summed E-state index contributed by atoms with van der Waals surface area (Å²) in [5.74, 6) is -0.524. The van der Waals surface area contributed by atoms with Gasteiger partial charge in [-0.3, -0.25) is 0 Å². The highest BCUT2D eigenvalue weighted by Crippen LogP contribution is 2.23. The van der Waals surface area contributed by atoms with Crippen LogP contribution in [0.4, 0.5) is 4.39 Å². The Morgan fingerprint density at radius 2 is 2.05 bits per heavy atom. The molecule has 0 heterocycles. The van der Waals surface area contributed by atoms with Crippen LogP contribution in [0.15, 0.2) is 30.4 Å². The second-order valence-electron chi connectivity index (χ2n) is 5.09. The highest BCUT2D eigenvalue weighted by molar-refractivity contribution is 5.89. The zero-order valence-corrected chi connectivity index (χ0v) is 12.2. The van der Waals surface area contributed by atoms with Crippen LogP contribution >= 0.6 is 0 Å². The normalized spacial score (nSPS) is 16.6. The molecule has 2 rings (SSSR count). The van der Waals surface area contributed by atoms with Gasteiger partial charge in [0, 0.05) is 13.7 Å². The van der Waals surface area contributed by atoms with Crippen LogP contribution in [0, 0.1) is 18.2 Å². The Morgan fingerprint density at radius 1 is 1.29 bits per heavy atom. The number of allylic oxidation sites excluding steroid dienone is 2. The van der Waals surface area contributed by atoms with Crippen LogP contribution in [0.2, 0.25) is 0 Å². The number of hydrogen-bond acceptors (Lipinski definition) is 3. The third-order valence-corrected chi connectivity index (χ3v) is 3.44. The maximum atomic E-state index is 14.0. The van der Waals surface area contributed by atoms with Crippen molar-refractivity contribution in [2.45, 2.75) is 19.3 Å². The van der Waals surface area contributed by atoms with Crippen LogP contribution in [0.5, 0.6) is 0 Å². The van der Waals surface area contributed by atoms with Crippen molar-refractivity contribution < 1.29 is 18.7 Å². The van der Waals surface area contributed by atoms with E-state index in [4.69, 9.17) is 9.47 Å². The van der Waals surface area contributed by atoms with E-state index in [2.05, 4.69) is 0 Å². The molecule has 0 saturated heterocycles. The number of methoxy groups -OCH3 is 1. The lowest BCUT2D eigenvalue weighted by molar-refractivity contribution is 0.0488. The molecule has 113 valence electrons. The first-order chi connectivity index (χ1) is 10.2. The second-order valence-corrected chi connectivity index (χ2v) is 5.09. The molecule has 0 N–H and O–H groups in total. The summed E-state index contributed by atoms with van der Waals surface area (Å²) in [5, 5.41) is 0. The molecule has 1 atom stereocenters. The minimum absolute atomic E-state index is 0.260. The molecule has 0 aromatic heterocycles. The van der Waals surface area contributed by atoms with Crippen LogP contribution in [-0.4, -0.2) is 26.3 Å². The summed E-state index contributed by atoms with van der Waals surface area (Å²) in [6.07, 6.45) is 8.22. The minimum Gasteiger partial charge on any atom is -0.462 e. The molecule has 0 bridgehead atoms. The number of esters is 1. The Hall–Kier alpha value is -1.68. The van der Waals surface area contributed by atoms with Gasteiger partial charge in [0.15, 0.2) is 0 Å². The molecule has 21 heavy (non-hydrogen) atoms. The topological polar surface area (TPSA) is 35.5 Å². The van der Waals surface area contributed by atoms with E-state index >= 15 is 0 Å². The van der Waals surface area contributed by atoms with E-state index in [0.717, 1.165) is 12.8 Å². The fourth-order valence-corrected chi connectivity index (χ4v) is 2.09. The molecule has 3 nitrogen and oxygen atoms in total. The molecule has 0 fully saturated rings. The Kier molecular flexibility index (Phi) is 5.93. The van der Waals surface area contributed by atoms with Crippen LogP contribution < -0.4 is 0 Å². The largest absolute Gasteiger partial charge is 0.462 e. The fourth-order valence-electron chi connectivity index (χ4n) is 2.09. The lowest BCUT2D eigenvalue weighted by Crippen LogP contribution is -2.11. The van der Waals surface area contributed by atoms with Crippen molar-refractivity contribution in [3.63, 3.8) is 0 Å². The Morgan fingerprint density at radius 3 is 2.67 bits per heavy atom. The van der Waals surface area contributed by atoms with Crippen LogP contribution in [-0.2, 0) is 15.9 Å². The highest BCUT2D eigenvalue weighted by atomic mass is 19.1. The van der Waals surface area contributed by atoms with Crippen molar-refractivity contribution in [3.8, 4) is 0 Å². The van der Waals surface area contributed by atoms with Crippen molar-refractivity contribution >= 4 is 5.97 Å². The molecule has 1 unspecified atom stereocenters. The van der Waals surface area contributed by atoms with Gasteiger partial charge in [-0.1, -0.05) is 18.2 Å². The second kappa shape index (κ2) is 7.93. The lowest BCUT2D eigenvalue weighted by Gasteiger charge is -2.17. The number of rotatable bonds is 8. The van der Waals surface area contributed by atoms with E-state index in [0.29, 0.717) is 31.1 Å². The first kappa shape index (κ1) is 15.7. The third-order valence-electron chi connectivity index (χ3n) is 3.44. The van der Waals surface area contributed by atoms with E-state index in [1.54, 1.807) is 19.2 Å². The maximum Gasteiger partial charge on any atom is 0.338 e. The summed E-state index contributed by atoms with van der Waals surface area (Å²) in [5.41, 5.74) is 0.883. The number of carbonyl (C=O) groups is 1. The summed E-state index contributed by atoms with van der Waals surface area (Å²) >= 11 is 0. The Labute approximate surface area is 124 Å². The average molecular weight is 291 g/mol. The van der Waals surface area contributed by atoms with Crippen LogP contribution in [0.3, 0.4) is 0 Å². The van der Waals surface area contributed by atoms with E-state index in [9.17, 15) is 9.18 Å². The lowest BCUT2D eigenvalue weighted by atomic mass is 9.88. The van der Waals surface area contributed by atoms with Crippen molar-refractivity contribution in [2.75, 3.05) is 20.3 Å². The highest BCUT2D eigenvalue weighted by Gasteiger charge is 2.16. The van der Waals surface area contributed by atoms with Crippen molar-refractivity contribution in [1.82, 2.24) is 0 Å². The van der Waals surface area contributed by atoms with Gasteiger partial charge in [0.05, 0.1) is 12.2 Å². The molecule has 1 aromatic carbocycles. The SMILES string of the molecule is COCCCCOC(=O)c1ccc(CC2[CH]C=C2)c(F)c1. The van der Waals surface area contributed by atoms with Gasteiger partial charge in [-0.25, -0.2) is 9.18 Å². The standard InChI is InChI=1S/C17H20FO3/c1-20-9-2-3-10-21-17(19)15-8-7-14(16(18)12-15)11-13-5-4-6-13/h4-8,12-13H,2-3,9-11H2,1H3. The summed E-state index contributed by atoms with van der Waals surface area (Å²) in [6, 6.07) is 4.55. The number of hydrogen-bond donors (Lipinski definition) is 0. The molecular weight excluding hydrogens is 271 g/mol. The predicted molar refractivity (Wildman–Crippen MR) is 78.4 cm³/mol. The first-order valence-electron chi connectivity index (χ1n) is 7.17. The van der Waals surface area contributed by atoms with Crippen LogP contribution in [0.25, 0.3) is 0 Å². The van der Waals surface area contributed by atoms with Crippen molar-refractivity contribution in [3.05, 3.63) is 53.7 Å². The van der Waals surface area contributed by atoms with Gasteiger partial charge in [-0.05, 0) is 49.3 Å². The van der Waals surface area contributed by atoms with Gasteiger partial charge in [-0.15, -0.1) is 0 Å². The average Bonchev–Trinajstić information content (AvgIpc) is 2.43. The maximum absolute atomic E-state index is 14.0. The van der Waals surface area contributed by atoms with E-state index < -0.39 is 5.97 Å². The molecule has 0 amide bonds. The molecule has 0 saturated carbocycles. The predicted octanol–water partition coefficient (Wildman–Crippen LogP) is 3.34. The van der Waals surface area contributed by atoms with E-state index in [1.165, 1.54) is 6.07 Å². The summed E-state index contributed by atoms with van der Waals surface area (Å²) in [4.78, 5) is 11.8.